The maximum Gasteiger partial charge on any atom is 0.305 e. The van der Waals surface area contributed by atoms with Gasteiger partial charge in [0.1, 0.15) is 18.5 Å². The largest absolute Gasteiger partial charge is 0.463 e. The Labute approximate surface area is 218 Å². The van der Waals surface area contributed by atoms with Crippen molar-refractivity contribution in [3.8, 4) is 5.69 Å². The van der Waals surface area contributed by atoms with Gasteiger partial charge in [0.15, 0.2) is 0 Å². The summed E-state index contributed by atoms with van der Waals surface area (Å²) < 4.78 is 21.4. The van der Waals surface area contributed by atoms with Crippen molar-refractivity contribution >= 4 is 54.4 Å². The van der Waals surface area contributed by atoms with Crippen molar-refractivity contribution in [2.45, 2.75) is 58.4 Å². The van der Waals surface area contributed by atoms with Crippen LogP contribution in [-0.2, 0) is 14.3 Å². The van der Waals surface area contributed by atoms with E-state index in [0.717, 1.165) is 43.4 Å². The quantitative estimate of drug-likeness (QED) is 0.266. The molecule has 3 N–H and O–H groups in total. The number of ether oxygens (including phenoxy) is 1. The first-order chi connectivity index (χ1) is 15.9. The number of nitrogens with two attached hydrogens (primary N) is 1. The van der Waals surface area contributed by atoms with E-state index < -0.39 is 17.8 Å². The number of fused-ring (bicyclic) bond motifs is 1. The van der Waals surface area contributed by atoms with Crippen LogP contribution in [0.25, 0.3) is 16.6 Å². The highest BCUT2D eigenvalue weighted by Crippen LogP contribution is 2.25. The average Bonchev–Trinajstić information content (AvgIpc) is 3.22. The zero-order chi connectivity index (χ0) is 23.8. The third-order valence-corrected chi connectivity index (χ3v) is 5.40. The average molecular weight is 525 g/mol. The van der Waals surface area contributed by atoms with E-state index in [1.807, 2.05) is 31.2 Å². The fourth-order valence-corrected chi connectivity index (χ4v) is 3.56. The number of nitrogens with one attached hydrogen (secondary N) is 1. The van der Waals surface area contributed by atoms with Gasteiger partial charge < -0.3 is 15.8 Å². The smallest absolute Gasteiger partial charge is 0.305 e. The second kappa shape index (κ2) is 14.7. The van der Waals surface area contributed by atoms with E-state index in [9.17, 15) is 14.0 Å². The topological polar surface area (TPSA) is 99.2 Å². The Morgan fingerprint density at radius 3 is 2.63 bits per heavy atom. The van der Waals surface area contributed by atoms with Gasteiger partial charge >= 0.3 is 5.97 Å². The number of amides is 1. The number of benzene rings is 2. The summed E-state index contributed by atoms with van der Waals surface area (Å²) in [4.78, 5) is 24.3. The molecule has 1 amide bonds. The molecule has 35 heavy (non-hydrogen) atoms. The number of rotatable bonds is 11. The van der Waals surface area contributed by atoms with E-state index in [2.05, 4.69) is 17.3 Å². The van der Waals surface area contributed by atoms with Crippen molar-refractivity contribution in [3.05, 3.63) is 54.0 Å². The molecule has 2 aromatic carbocycles. The van der Waals surface area contributed by atoms with E-state index in [4.69, 9.17) is 10.5 Å². The van der Waals surface area contributed by atoms with Gasteiger partial charge in [0, 0.05) is 12.1 Å². The molecule has 0 bridgehead atoms. The first kappa shape index (κ1) is 30.4. The summed E-state index contributed by atoms with van der Waals surface area (Å²) in [6, 6.07) is 9.46. The summed E-state index contributed by atoms with van der Waals surface area (Å²) in [5.41, 5.74) is 8.46. The molecule has 1 atom stereocenters. The number of hydrogen-bond donors (Lipinski definition) is 2. The predicted octanol–water partition coefficient (Wildman–Crippen LogP) is 5.18. The molecular weight excluding hydrogens is 491 g/mol. The maximum atomic E-state index is 14.7. The van der Waals surface area contributed by atoms with Gasteiger partial charge in [0.25, 0.3) is 0 Å². The van der Waals surface area contributed by atoms with Crippen LogP contribution in [0, 0.1) is 12.7 Å². The van der Waals surface area contributed by atoms with E-state index in [0.29, 0.717) is 17.3 Å². The third-order valence-electron chi connectivity index (χ3n) is 5.40. The normalized spacial score (nSPS) is 11.3. The number of unbranched alkanes of at least 4 members (excludes halogenated alkanes) is 4. The molecule has 192 valence electrons. The summed E-state index contributed by atoms with van der Waals surface area (Å²) in [6.45, 7) is 3.86. The van der Waals surface area contributed by atoms with Crippen LogP contribution in [0.1, 0.15) is 51.0 Å². The maximum absolute atomic E-state index is 14.7. The van der Waals surface area contributed by atoms with E-state index in [-0.39, 0.29) is 44.2 Å². The standard InChI is InChI=1S/C25H31FN4O3.ClH.H2S/c1-3-4-5-6-7-11-24(31)33-16-22(27)25(32)29-18-13-21(26)20-15-28-30(23(20)14-18)19-10-8-9-17(2)12-19;;/h8-10,12-15,22H,3-7,11,16,27H2,1-2H3,(H,29,32);1H;1H2/t22-;;/m0../s1. The number of esters is 1. The molecule has 7 nitrogen and oxygen atoms in total. The minimum Gasteiger partial charge on any atom is -0.463 e. The number of nitrogens with zero attached hydrogens (tertiary/aromatic N) is 2. The third kappa shape index (κ3) is 8.52. The molecule has 3 aromatic rings. The number of aryl methyl sites for hydroxylation is 1. The van der Waals surface area contributed by atoms with E-state index >= 15 is 0 Å². The van der Waals surface area contributed by atoms with E-state index in [1.165, 1.54) is 12.3 Å². The molecule has 0 spiro atoms. The van der Waals surface area contributed by atoms with Crippen LogP contribution < -0.4 is 11.1 Å². The van der Waals surface area contributed by atoms with Crippen molar-refractivity contribution in [2.24, 2.45) is 5.73 Å². The van der Waals surface area contributed by atoms with Crippen LogP contribution in [0.2, 0.25) is 0 Å². The highest BCUT2D eigenvalue weighted by atomic mass is 35.5. The van der Waals surface area contributed by atoms with Crippen molar-refractivity contribution in [1.82, 2.24) is 9.78 Å². The Balaban J connectivity index is 0.00000306. The number of carbonyl (C=O) groups is 2. The number of halogens is 2. The molecule has 0 unspecified atom stereocenters. The summed E-state index contributed by atoms with van der Waals surface area (Å²) in [7, 11) is 0. The Morgan fingerprint density at radius 1 is 1.17 bits per heavy atom. The Hall–Kier alpha value is -2.62. The lowest BCUT2D eigenvalue weighted by Gasteiger charge is -2.13. The zero-order valence-electron chi connectivity index (χ0n) is 20.1. The van der Waals surface area contributed by atoms with Gasteiger partial charge in [-0.05, 0) is 43.2 Å². The monoisotopic (exact) mass is 524 g/mol. The Kier molecular flexibility index (Phi) is 12.8. The first-order valence-electron chi connectivity index (χ1n) is 11.4. The van der Waals surface area contributed by atoms with Gasteiger partial charge in [0.05, 0.1) is 22.8 Å². The summed E-state index contributed by atoms with van der Waals surface area (Å²) in [6.07, 6.45) is 6.87. The number of hydrogen-bond acceptors (Lipinski definition) is 5. The predicted molar refractivity (Wildman–Crippen MR) is 144 cm³/mol. The van der Waals surface area contributed by atoms with Gasteiger partial charge in [-0.1, -0.05) is 44.7 Å². The Bertz CT molecular complexity index is 1130. The van der Waals surface area contributed by atoms with Crippen molar-refractivity contribution in [1.29, 1.82) is 0 Å². The highest BCUT2D eigenvalue weighted by molar-refractivity contribution is 7.59. The summed E-state index contributed by atoms with van der Waals surface area (Å²) in [5.74, 6) is -1.44. The summed E-state index contributed by atoms with van der Waals surface area (Å²) >= 11 is 0. The Morgan fingerprint density at radius 2 is 1.91 bits per heavy atom. The van der Waals surface area contributed by atoms with Crippen LogP contribution in [0.5, 0.6) is 0 Å². The lowest BCUT2D eigenvalue weighted by Crippen LogP contribution is -2.40. The number of carbonyl (C=O) groups excluding carboxylic acids is 2. The lowest BCUT2D eigenvalue weighted by molar-refractivity contribution is -0.144. The minimum atomic E-state index is -1.06. The van der Waals surface area contributed by atoms with Gasteiger partial charge in [-0.3, -0.25) is 9.59 Å². The van der Waals surface area contributed by atoms with E-state index in [1.54, 1.807) is 10.7 Å². The van der Waals surface area contributed by atoms with Crippen LogP contribution in [0.3, 0.4) is 0 Å². The van der Waals surface area contributed by atoms with Crippen molar-refractivity contribution in [3.63, 3.8) is 0 Å². The molecule has 1 aromatic heterocycles. The molecule has 0 saturated heterocycles. The van der Waals surface area contributed by atoms with Gasteiger partial charge in [0.2, 0.25) is 5.91 Å². The highest BCUT2D eigenvalue weighted by Gasteiger charge is 2.18. The van der Waals surface area contributed by atoms with Gasteiger partial charge in [-0.15, -0.1) is 12.4 Å². The molecule has 0 aliphatic rings. The second-order valence-electron chi connectivity index (χ2n) is 8.23. The van der Waals surface area contributed by atoms with Crippen LogP contribution in [0.15, 0.2) is 42.6 Å². The van der Waals surface area contributed by atoms with Crippen LogP contribution in [0.4, 0.5) is 10.1 Å². The zero-order valence-corrected chi connectivity index (χ0v) is 21.9. The van der Waals surface area contributed by atoms with Crippen LogP contribution >= 0.6 is 25.9 Å². The first-order valence-corrected chi connectivity index (χ1v) is 11.4. The molecule has 1 heterocycles. The fraction of sp³-hybridized carbons (Fsp3) is 0.400. The van der Waals surface area contributed by atoms with Crippen molar-refractivity contribution < 1.29 is 18.7 Å². The minimum absolute atomic E-state index is 0. The molecule has 3 rings (SSSR count). The number of aromatic nitrogens is 2. The fourth-order valence-electron chi connectivity index (χ4n) is 3.56. The molecule has 0 fully saturated rings. The molecule has 0 radical (unpaired) electrons. The SMILES string of the molecule is CCCCCCCC(=O)OC[C@H](N)C(=O)Nc1cc(F)c2cnn(-c3cccc(C)c3)c2c1.Cl.S. The molecule has 0 aliphatic carbocycles. The van der Waals surface area contributed by atoms with Gasteiger partial charge in [-0.2, -0.15) is 18.6 Å². The second-order valence-corrected chi connectivity index (χ2v) is 8.23. The molecule has 10 heteroatoms. The van der Waals surface area contributed by atoms with Gasteiger partial charge in [-0.25, -0.2) is 9.07 Å². The summed E-state index contributed by atoms with van der Waals surface area (Å²) in [5, 5.41) is 7.24. The molecule has 0 saturated carbocycles. The lowest BCUT2D eigenvalue weighted by atomic mass is 10.1. The molecular formula is C25H34ClFN4O3S. The van der Waals surface area contributed by atoms with Crippen molar-refractivity contribution in [2.75, 3.05) is 11.9 Å². The molecule has 0 aliphatic heterocycles. The van der Waals surface area contributed by atoms with Crippen LogP contribution in [-0.4, -0.2) is 34.3 Å². The number of anilines is 1.